The molecular weight excluding hydrogens is 300 g/mol. The summed E-state index contributed by atoms with van der Waals surface area (Å²) in [6, 6.07) is 12.2. The van der Waals surface area contributed by atoms with Gasteiger partial charge in [-0.15, -0.1) is 0 Å². The molecule has 0 aliphatic rings. The fourth-order valence-electron chi connectivity index (χ4n) is 2.95. The van der Waals surface area contributed by atoms with Crippen LogP contribution < -0.4 is 4.74 Å². The van der Waals surface area contributed by atoms with E-state index in [1.165, 1.54) is 0 Å². The van der Waals surface area contributed by atoms with E-state index >= 15 is 0 Å². The molecule has 120 valence electrons. The fourth-order valence-corrected chi connectivity index (χ4v) is 2.95. The predicted molar refractivity (Wildman–Crippen MR) is 93.7 cm³/mol. The Morgan fingerprint density at radius 3 is 2.71 bits per heavy atom. The first-order valence-electron chi connectivity index (χ1n) is 7.83. The van der Waals surface area contributed by atoms with Crippen LogP contribution in [0.2, 0.25) is 0 Å². The molecule has 0 saturated heterocycles. The first kappa shape index (κ1) is 14.5. The van der Waals surface area contributed by atoms with Gasteiger partial charge in [0.1, 0.15) is 5.75 Å². The summed E-state index contributed by atoms with van der Waals surface area (Å²) in [7, 11) is 1.68. The molecule has 0 spiro atoms. The van der Waals surface area contributed by atoms with Gasteiger partial charge in [0.25, 0.3) is 0 Å². The fraction of sp³-hybridized carbons (Fsp3) is 0.158. The zero-order chi connectivity index (χ0) is 16.5. The van der Waals surface area contributed by atoms with Gasteiger partial charge in [0.2, 0.25) is 0 Å². The SMILES string of the molecule is COc1ccnc(Cn2cnc3cc(-n4cccc4)ccc32)c1C. The van der Waals surface area contributed by atoms with Crippen molar-refractivity contribution in [3.05, 3.63) is 72.6 Å². The maximum atomic E-state index is 5.38. The van der Waals surface area contributed by atoms with Crippen LogP contribution in [0.15, 0.2) is 61.3 Å². The normalized spacial score (nSPS) is 11.1. The van der Waals surface area contributed by atoms with Crippen LogP contribution in [0.5, 0.6) is 5.75 Å². The van der Waals surface area contributed by atoms with Crippen molar-refractivity contribution >= 4 is 11.0 Å². The summed E-state index contributed by atoms with van der Waals surface area (Å²) in [5.74, 6) is 0.860. The van der Waals surface area contributed by atoms with Crippen LogP contribution in [0.4, 0.5) is 0 Å². The van der Waals surface area contributed by atoms with E-state index in [2.05, 4.69) is 37.3 Å². The number of hydrogen-bond acceptors (Lipinski definition) is 3. The van der Waals surface area contributed by atoms with E-state index in [0.29, 0.717) is 6.54 Å². The van der Waals surface area contributed by atoms with Crippen molar-refractivity contribution in [1.29, 1.82) is 0 Å². The van der Waals surface area contributed by atoms with Crippen molar-refractivity contribution in [2.45, 2.75) is 13.5 Å². The van der Waals surface area contributed by atoms with Crippen molar-refractivity contribution in [2.75, 3.05) is 7.11 Å². The second-order valence-corrected chi connectivity index (χ2v) is 5.72. The van der Waals surface area contributed by atoms with E-state index in [4.69, 9.17) is 4.74 Å². The number of imidazole rings is 1. The van der Waals surface area contributed by atoms with E-state index in [1.54, 1.807) is 13.3 Å². The van der Waals surface area contributed by atoms with Crippen LogP contribution in [0.3, 0.4) is 0 Å². The van der Waals surface area contributed by atoms with Crippen molar-refractivity contribution in [1.82, 2.24) is 19.1 Å². The van der Waals surface area contributed by atoms with Crippen LogP contribution in [0.1, 0.15) is 11.3 Å². The third kappa shape index (κ3) is 2.44. The number of fused-ring (bicyclic) bond motifs is 1. The second-order valence-electron chi connectivity index (χ2n) is 5.72. The molecule has 0 atom stereocenters. The molecule has 0 unspecified atom stereocenters. The van der Waals surface area contributed by atoms with E-state index in [9.17, 15) is 0 Å². The Hall–Kier alpha value is -3.08. The Kier molecular flexibility index (Phi) is 3.54. The number of rotatable bonds is 4. The van der Waals surface area contributed by atoms with Gasteiger partial charge in [0, 0.05) is 29.8 Å². The van der Waals surface area contributed by atoms with Gasteiger partial charge < -0.3 is 13.9 Å². The minimum absolute atomic E-state index is 0.669. The lowest BCUT2D eigenvalue weighted by Crippen LogP contribution is -2.04. The molecule has 5 nitrogen and oxygen atoms in total. The molecule has 1 aromatic carbocycles. The number of aromatic nitrogens is 4. The number of ether oxygens (including phenoxy) is 1. The molecule has 5 heteroatoms. The standard InChI is InChI=1S/C19H18N4O/c1-14-17(20-8-7-19(14)24-2)12-23-13-21-16-11-15(5-6-18(16)23)22-9-3-4-10-22/h3-11,13H,12H2,1-2H3. The van der Waals surface area contributed by atoms with Gasteiger partial charge in [0.05, 0.1) is 36.7 Å². The number of benzene rings is 1. The summed E-state index contributed by atoms with van der Waals surface area (Å²) in [5, 5.41) is 0. The van der Waals surface area contributed by atoms with Crippen molar-refractivity contribution in [2.24, 2.45) is 0 Å². The van der Waals surface area contributed by atoms with Crippen LogP contribution in [0.25, 0.3) is 16.7 Å². The Balaban J connectivity index is 1.71. The summed E-state index contributed by atoms with van der Waals surface area (Å²) in [5.41, 5.74) is 5.22. The molecular formula is C19H18N4O. The lowest BCUT2D eigenvalue weighted by Gasteiger charge is -2.10. The number of methoxy groups -OCH3 is 1. The smallest absolute Gasteiger partial charge is 0.125 e. The molecule has 0 fully saturated rings. The highest BCUT2D eigenvalue weighted by Gasteiger charge is 2.09. The molecule has 0 bridgehead atoms. The first-order chi connectivity index (χ1) is 11.8. The maximum Gasteiger partial charge on any atom is 0.125 e. The Morgan fingerprint density at radius 2 is 1.92 bits per heavy atom. The van der Waals surface area contributed by atoms with Gasteiger partial charge >= 0.3 is 0 Å². The van der Waals surface area contributed by atoms with Gasteiger partial charge in [0.15, 0.2) is 0 Å². The summed E-state index contributed by atoms with van der Waals surface area (Å²) >= 11 is 0. The molecule has 0 radical (unpaired) electrons. The molecule has 4 aromatic rings. The van der Waals surface area contributed by atoms with Crippen LogP contribution in [-0.2, 0) is 6.54 Å². The number of hydrogen-bond donors (Lipinski definition) is 0. The van der Waals surface area contributed by atoms with E-state index in [1.807, 2.05) is 43.8 Å². The largest absolute Gasteiger partial charge is 0.496 e. The molecule has 0 N–H and O–H groups in total. The minimum Gasteiger partial charge on any atom is -0.496 e. The highest BCUT2D eigenvalue weighted by Crippen LogP contribution is 2.22. The van der Waals surface area contributed by atoms with Crippen LogP contribution in [-0.4, -0.2) is 26.2 Å². The Morgan fingerprint density at radius 1 is 1.08 bits per heavy atom. The summed E-state index contributed by atoms with van der Waals surface area (Å²) in [4.78, 5) is 9.04. The highest BCUT2D eigenvalue weighted by atomic mass is 16.5. The zero-order valence-electron chi connectivity index (χ0n) is 13.7. The molecule has 0 amide bonds. The van der Waals surface area contributed by atoms with Gasteiger partial charge in [-0.1, -0.05) is 0 Å². The monoisotopic (exact) mass is 318 g/mol. The third-order valence-corrected chi connectivity index (χ3v) is 4.31. The first-order valence-corrected chi connectivity index (χ1v) is 7.83. The molecule has 24 heavy (non-hydrogen) atoms. The topological polar surface area (TPSA) is 44.9 Å². The van der Waals surface area contributed by atoms with Gasteiger partial charge in [-0.3, -0.25) is 4.98 Å². The minimum atomic E-state index is 0.669. The van der Waals surface area contributed by atoms with Crippen LogP contribution in [0, 0.1) is 6.92 Å². The average molecular weight is 318 g/mol. The maximum absolute atomic E-state index is 5.38. The van der Waals surface area contributed by atoms with Crippen LogP contribution >= 0.6 is 0 Å². The molecule has 3 aromatic heterocycles. The van der Waals surface area contributed by atoms with Crippen molar-refractivity contribution < 1.29 is 4.74 Å². The second kappa shape index (κ2) is 5.85. The van der Waals surface area contributed by atoms with Gasteiger partial charge in [-0.2, -0.15) is 0 Å². The quantitative estimate of drug-likeness (QED) is 0.577. The van der Waals surface area contributed by atoms with E-state index in [-0.39, 0.29) is 0 Å². The van der Waals surface area contributed by atoms with Gasteiger partial charge in [-0.25, -0.2) is 4.98 Å². The highest BCUT2D eigenvalue weighted by molar-refractivity contribution is 5.78. The molecule has 0 saturated carbocycles. The zero-order valence-corrected chi connectivity index (χ0v) is 13.7. The predicted octanol–water partition coefficient (Wildman–Crippen LogP) is 3.59. The van der Waals surface area contributed by atoms with E-state index < -0.39 is 0 Å². The van der Waals surface area contributed by atoms with Crippen molar-refractivity contribution in [3.8, 4) is 11.4 Å². The summed E-state index contributed by atoms with van der Waals surface area (Å²) in [6.45, 7) is 2.70. The molecule has 3 heterocycles. The van der Waals surface area contributed by atoms with Crippen molar-refractivity contribution in [3.63, 3.8) is 0 Å². The third-order valence-electron chi connectivity index (χ3n) is 4.31. The molecule has 4 rings (SSSR count). The number of pyridine rings is 1. The summed E-state index contributed by atoms with van der Waals surface area (Å²) in [6.07, 6.45) is 7.71. The average Bonchev–Trinajstić information content (AvgIpc) is 3.26. The lowest BCUT2D eigenvalue weighted by atomic mass is 10.2. The summed E-state index contributed by atoms with van der Waals surface area (Å²) < 4.78 is 9.57. The molecule has 0 aliphatic carbocycles. The molecule has 0 aliphatic heterocycles. The Bertz CT molecular complexity index is 986. The van der Waals surface area contributed by atoms with Gasteiger partial charge in [-0.05, 0) is 43.3 Å². The number of nitrogens with zero attached hydrogens (tertiary/aromatic N) is 4. The van der Waals surface area contributed by atoms with E-state index in [0.717, 1.165) is 33.7 Å². The Labute approximate surface area is 140 Å². The lowest BCUT2D eigenvalue weighted by molar-refractivity contribution is 0.410.